The van der Waals surface area contributed by atoms with Gasteiger partial charge in [-0.25, -0.2) is 0 Å². The van der Waals surface area contributed by atoms with Gasteiger partial charge in [-0.1, -0.05) is 18.2 Å². The second-order valence-electron chi connectivity index (χ2n) is 4.41. The molecule has 0 aliphatic carbocycles. The Morgan fingerprint density at radius 3 is 2.42 bits per heavy atom. The second-order valence-corrected chi connectivity index (χ2v) is 4.41. The molecule has 2 aromatic carbocycles. The molecule has 0 saturated heterocycles. The maximum absolute atomic E-state index is 11.5. The van der Waals surface area contributed by atoms with E-state index in [2.05, 4.69) is 5.32 Å². The normalized spacial score (nSPS) is 13.1. The second kappa shape index (κ2) is 4.24. The molecule has 94 valence electrons. The molecule has 0 saturated carbocycles. The number of hydrogen-bond acceptors (Lipinski definition) is 3. The molecule has 1 heterocycles. The zero-order valence-electron chi connectivity index (χ0n) is 10.4. The molecule has 0 spiro atoms. The van der Waals surface area contributed by atoms with E-state index in [9.17, 15) is 9.59 Å². The lowest BCUT2D eigenvalue weighted by Crippen LogP contribution is -2.12. The van der Waals surface area contributed by atoms with Gasteiger partial charge < -0.3 is 10.2 Å². The fourth-order valence-corrected chi connectivity index (χ4v) is 2.14. The maximum Gasteiger partial charge on any atom is 0.296 e. The van der Waals surface area contributed by atoms with Crippen LogP contribution in [0.5, 0.6) is 0 Å². The monoisotopic (exact) mass is 252 g/mol. The van der Waals surface area contributed by atoms with Gasteiger partial charge in [0.25, 0.3) is 11.7 Å². The summed E-state index contributed by atoms with van der Waals surface area (Å²) in [5.74, 6) is -1.03. The molecule has 0 fully saturated rings. The highest BCUT2D eigenvalue weighted by Gasteiger charge is 2.28. The average molecular weight is 252 g/mol. The van der Waals surface area contributed by atoms with Gasteiger partial charge in [-0.2, -0.15) is 0 Å². The molecule has 2 aromatic rings. The third kappa shape index (κ3) is 1.87. The van der Waals surface area contributed by atoms with Crippen molar-refractivity contribution < 1.29 is 9.59 Å². The number of benzene rings is 2. The van der Waals surface area contributed by atoms with Gasteiger partial charge in [0.15, 0.2) is 0 Å². The molecule has 0 atom stereocenters. The summed E-state index contributed by atoms with van der Waals surface area (Å²) >= 11 is 0. The van der Waals surface area contributed by atoms with Crippen LogP contribution in [-0.4, -0.2) is 18.7 Å². The Balaban J connectivity index is 1.98. The first-order chi connectivity index (χ1) is 9.16. The minimum atomic E-state index is -0.561. The molecule has 4 heteroatoms. The molecule has 1 aliphatic heterocycles. The number of rotatable bonds is 2. The zero-order chi connectivity index (χ0) is 13.4. The molecule has 1 N–H and O–H groups in total. The smallest absolute Gasteiger partial charge is 0.296 e. The van der Waals surface area contributed by atoms with Crippen molar-refractivity contribution in [2.75, 3.05) is 17.3 Å². The van der Waals surface area contributed by atoms with Crippen molar-refractivity contribution in [1.29, 1.82) is 0 Å². The van der Waals surface area contributed by atoms with Crippen LogP contribution in [0.25, 0.3) is 0 Å². The van der Waals surface area contributed by atoms with E-state index in [0.29, 0.717) is 11.3 Å². The van der Waals surface area contributed by atoms with Crippen molar-refractivity contribution in [1.82, 2.24) is 0 Å². The van der Waals surface area contributed by atoms with E-state index in [-0.39, 0.29) is 0 Å². The van der Waals surface area contributed by atoms with E-state index >= 15 is 0 Å². The van der Waals surface area contributed by atoms with E-state index in [4.69, 9.17) is 0 Å². The molecule has 0 radical (unpaired) electrons. The fraction of sp³-hybridized carbons (Fsp3) is 0.0667. The van der Waals surface area contributed by atoms with Crippen LogP contribution in [0, 0.1) is 0 Å². The topological polar surface area (TPSA) is 49.4 Å². The minimum absolute atomic E-state index is 0.440. The number of anilines is 3. The Bertz CT molecular complexity index is 665. The molecule has 0 bridgehead atoms. The number of fused-ring (bicyclic) bond motifs is 1. The summed E-state index contributed by atoms with van der Waals surface area (Å²) in [7, 11) is 1.94. The highest BCUT2D eigenvalue weighted by atomic mass is 16.2. The van der Waals surface area contributed by atoms with Crippen LogP contribution in [0.4, 0.5) is 17.1 Å². The molecular formula is C15H12N2O2. The van der Waals surface area contributed by atoms with Crippen molar-refractivity contribution in [2.45, 2.75) is 0 Å². The first-order valence-electron chi connectivity index (χ1n) is 5.95. The number of amides is 1. The van der Waals surface area contributed by atoms with Gasteiger partial charge >= 0.3 is 0 Å². The van der Waals surface area contributed by atoms with Gasteiger partial charge in [0.1, 0.15) is 0 Å². The lowest BCUT2D eigenvalue weighted by Gasteiger charge is -2.20. The highest BCUT2D eigenvalue weighted by molar-refractivity contribution is 6.51. The Hall–Kier alpha value is -2.62. The predicted octanol–water partition coefficient (Wildman–Crippen LogP) is 2.59. The van der Waals surface area contributed by atoms with Crippen molar-refractivity contribution in [3.8, 4) is 0 Å². The number of Topliss-reactive ketones (excluding diaryl/α,β-unsaturated/α-hetero) is 1. The number of para-hydroxylation sites is 1. The summed E-state index contributed by atoms with van der Waals surface area (Å²) < 4.78 is 0. The zero-order valence-corrected chi connectivity index (χ0v) is 10.4. The molecular weight excluding hydrogens is 240 g/mol. The van der Waals surface area contributed by atoms with Crippen LogP contribution in [0.1, 0.15) is 10.4 Å². The number of carbonyl (C=O) groups is 2. The fourth-order valence-electron chi connectivity index (χ4n) is 2.14. The van der Waals surface area contributed by atoms with E-state index in [0.717, 1.165) is 11.4 Å². The lowest BCUT2D eigenvalue weighted by atomic mass is 10.1. The quantitative estimate of drug-likeness (QED) is 0.836. The third-order valence-corrected chi connectivity index (χ3v) is 3.23. The maximum atomic E-state index is 11.5. The van der Waals surface area contributed by atoms with Gasteiger partial charge in [0.2, 0.25) is 0 Å². The van der Waals surface area contributed by atoms with Crippen LogP contribution in [0.15, 0.2) is 48.5 Å². The summed E-state index contributed by atoms with van der Waals surface area (Å²) in [6.45, 7) is 0. The van der Waals surface area contributed by atoms with Gasteiger partial charge in [0, 0.05) is 18.4 Å². The van der Waals surface area contributed by atoms with Crippen LogP contribution < -0.4 is 10.2 Å². The minimum Gasteiger partial charge on any atom is -0.345 e. The number of nitrogens with one attached hydrogen (secondary N) is 1. The number of carbonyl (C=O) groups excluding carboxylic acids is 2. The third-order valence-electron chi connectivity index (χ3n) is 3.23. The van der Waals surface area contributed by atoms with Gasteiger partial charge in [0.05, 0.1) is 11.3 Å². The molecule has 0 aromatic heterocycles. The molecule has 4 nitrogen and oxygen atoms in total. The number of hydrogen-bond donors (Lipinski definition) is 1. The average Bonchev–Trinajstić information content (AvgIpc) is 2.74. The highest BCUT2D eigenvalue weighted by Crippen LogP contribution is 2.30. The Morgan fingerprint density at radius 1 is 0.947 bits per heavy atom. The van der Waals surface area contributed by atoms with E-state index in [1.165, 1.54) is 0 Å². The number of nitrogens with zero attached hydrogens (tertiary/aromatic N) is 1. The Morgan fingerprint density at radius 2 is 1.68 bits per heavy atom. The standard InChI is InChI=1S/C15H12N2O2/c1-17(10-5-3-2-4-6-10)11-7-8-12-13(9-11)16-15(19)14(12)18/h2-9H,1H3,(H,16,18,19). The van der Waals surface area contributed by atoms with Crippen LogP contribution in [0.2, 0.25) is 0 Å². The Labute approximate surface area is 110 Å². The Kier molecular flexibility index (Phi) is 2.56. The molecule has 1 aliphatic rings. The number of ketones is 1. The summed E-state index contributed by atoms with van der Waals surface area (Å²) in [6.07, 6.45) is 0. The summed E-state index contributed by atoms with van der Waals surface area (Å²) in [4.78, 5) is 24.8. The van der Waals surface area contributed by atoms with E-state index in [1.54, 1.807) is 6.07 Å². The lowest BCUT2D eigenvalue weighted by molar-refractivity contribution is -0.112. The summed E-state index contributed by atoms with van der Waals surface area (Å²) in [6, 6.07) is 15.2. The molecule has 19 heavy (non-hydrogen) atoms. The van der Waals surface area contributed by atoms with Gasteiger partial charge in [-0.15, -0.1) is 0 Å². The van der Waals surface area contributed by atoms with E-state index < -0.39 is 11.7 Å². The summed E-state index contributed by atoms with van der Waals surface area (Å²) in [5.41, 5.74) is 2.98. The van der Waals surface area contributed by atoms with Crippen molar-refractivity contribution in [3.05, 3.63) is 54.1 Å². The molecule has 1 amide bonds. The molecule has 3 rings (SSSR count). The summed E-state index contributed by atoms with van der Waals surface area (Å²) in [5, 5.41) is 2.58. The van der Waals surface area contributed by atoms with Gasteiger partial charge in [-0.05, 0) is 30.3 Å². The SMILES string of the molecule is CN(c1ccccc1)c1ccc2c(c1)NC(=O)C2=O. The van der Waals surface area contributed by atoms with Gasteiger partial charge in [-0.3, -0.25) is 9.59 Å². The van der Waals surface area contributed by atoms with E-state index in [1.807, 2.05) is 54.4 Å². The van der Waals surface area contributed by atoms with Crippen LogP contribution >= 0.6 is 0 Å². The first-order valence-corrected chi connectivity index (χ1v) is 5.95. The van der Waals surface area contributed by atoms with Crippen LogP contribution in [-0.2, 0) is 4.79 Å². The van der Waals surface area contributed by atoms with Crippen molar-refractivity contribution >= 4 is 28.8 Å². The first kappa shape index (κ1) is 11.5. The van der Waals surface area contributed by atoms with Crippen molar-refractivity contribution in [3.63, 3.8) is 0 Å². The molecule has 0 unspecified atom stereocenters. The van der Waals surface area contributed by atoms with Crippen LogP contribution in [0.3, 0.4) is 0 Å². The largest absolute Gasteiger partial charge is 0.345 e. The predicted molar refractivity (Wildman–Crippen MR) is 73.9 cm³/mol. The van der Waals surface area contributed by atoms with Crippen molar-refractivity contribution in [2.24, 2.45) is 0 Å².